The molecule has 2 rings (SSSR count). The Labute approximate surface area is 146 Å². The molecule has 126 valence electrons. The number of carboxylic acid groups (broad SMARTS) is 1. The van der Waals surface area contributed by atoms with Gasteiger partial charge in [-0.2, -0.15) is 0 Å². The van der Waals surface area contributed by atoms with E-state index in [4.69, 9.17) is 16.7 Å². The Bertz CT molecular complexity index is 713. The van der Waals surface area contributed by atoms with Gasteiger partial charge in [-0.05, 0) is 42.2 Å². The molecule has 2 aromatic carbocycles. The minimum atomic E-state index is -0.940. The summed E-state index contributed by atoms with van der Waals surface area (Å²) in [4.78, 5) is 23.4. The van der Waals surface area contributed by atoms with Gasteiger partial charge in [0.05, 0.1) is 12.8 Å². The van der Waals surface area contributed by atoms with Crippen molar-refractivity contribution in [1.29, 1.82) is 0 Å². The maximum atomic E-state index is 12.3. The molecule has 0 aliphatic carbocycles. The van der Waals surface area contributed by atoms with E-state index in [1.807, 2.05) is 43.3 Å². The maximum Gasteiger partial charge on any atom is 0.305 e. The Morgan fingerprint density at radius 2 is 1.79 bits per heavy atom. The summed E-state index contributed by atoms with van der Waals surface area (Å²) in [7, 11) is 0. The largest absolute Gasteiger partial charge is 0.481 e. The molecule has 0 unspecified atom stereocenters. The molecular weight excluding hydrogens is 326 g/mol. The lowest BCUT2D eigenvalue weighted by Gasteiger charge is -2.17. The van der Waals surface area contributed by atoms with Crippen LogP contribution in [0.5, 0.6) is 0 Å². The van der Waals surface area contributed by atoms with E-state index in [9.17, 15) is 9.59 Å². The fourth-order valence-electron chi connectivity index (χ4n) is 2.55. The van der Waals surface area contributed by atoms with E-state index in [0.29, 0.717) is 11.4 Å². The normalized spacial score (nSPS) is 11.8. The average molecular weight is 346 g/mol. The van der Waals surface area contributed by atoms with Crippen LogP contribution in [0.25, 0.3) is 0 Å². The van der Waals surface area contributed by atoms with Crippen molar-refractivity contribution in [3.63, 3.8) is 0 Å². The van der Waals surface area contributed by atoms with Gasteiger partial charge in [0.2, 0.25) is 5.91 Å². The lowest BCUT2D eigenvalue weighted by atomic mass is 10.0. The van der Waals surface area contributed by atoms with Crippen LogP contribution in [0.1, 0.15) is 23.1 Å². The highest BCUT2D eigenvalue weighted by atomic mass is 35.5. The molecule has 0 aliphatic rings. The maximum absolute atomic E-state index is 12.3. The van der Waals surface area contributed by atoms with Crippen LogP contribution >= 0.6 is 11.6 Å². The highest BCUT2D eigenvalue weighted by Gasteiger charge is 2.17. The van der Waals surface area contributed by atoms with E-state index in [1.54, 1.807) is 12.1 Å². The summed E-state index contributed by atoms with van der Waals surface area (Å²) in [5.41, 5.74) is 2.91. The zero-order valence-corrected chi connectivity index (χ0v) is 14.2. The minimum Gasteiger partial charge on any atom is -0.481 e. The van der Waals surface area contributed by atoms with Gasteiger partial charge in [0.25, 0.3) is 0 Å². The van der Waals surface area contributed by atoms with Crippen LogP contribution in [-0.4, -0.2) is 23.0 Å². The van der Waals surface area contributed by atoms with Crippen molar-refractivity contribution in [2.75, 3.05) is 0 Å². The van der Waals surface area contributed by atoms with E-state index in [0.717, 1.165) is 16.7 Å². The summed E-state index contributed by atoms with van der Waals surface area (Å²) in [6, 6.07) is 14.4. The van der Waals surface area contributed by atoms with Gasteiger partial charge in [0.15, 0.2) is 0 Å². The SMILES string of the molecule is Cc1ccccc1CC(=O)N[C@H](CC(=O)O)Cc1ccc(Cl)cc1. The number of hydrogen-bond donors (Lipinski definition) is 2. The molecule has 24 heavy (non-hydrogen) atoms. The molecule has 0 radical (unpaired) electrons. The molecule has 0 heterocycles. The second-order valence-corrected chi connectivity index (χ2v) is 6.23. The first kappa shape index (κ1) is 18.0. The number of amides is 1. The Hall–Kier alpha value is -2.33. The van der Waals surface area contributed by atoms with E-state index < -0.39 is 12.0 Å². The summed E-state index contributed by atoms with van der Waals surface area (Å²) in [5.74, 6) is -1.12. The lowest BCUT2D eigenvalue weighted by Crippen LogP contribution is -2.39. The molecule has 4 nitrogen and oxygen atoms in total. The highest BCUT2D eigenvalue weighted by molar-refractivity contribution is 6.30. The third-order valence-corrected chi connectivity index (χ3v) is 4.05. The van der Waals surface area contributed by atoms with Gasteiger partial charge in [-0.3, -0.25) is 9.59 Å². The van der Waals surface area contributed by atoms with E-state index in [-0.39, 0.29) is 18.7 Å². The standard InChI is InChI=1S/C19H20ClNO3/c1-13-4-2-3-5-15(13)11-18(22)21-17(12-19(23)24)10-14-6-8-16(20)9-7-14/h2-9,17H,10-12H2,1H3,(H,21,22)(H,23,24)/t17-/m0/s1. The first-order chi connectivity index (χ1) is 11.4. The molecule has 0 saturated heterocycles. The summed E-state index contributed by atoms with van der Waals surface area (Å²) in [6.07, 6.45) is 0.564. The Balaban J connectivity index is 2.02. The van der Waals surface area contributed by atoms with Crippen LogP contribution in [-0.2, 0) is 22.4 Å². The molecule has 0 aliphatic heterocycles. The fraction of sp³-hybridized carbons (Fsp3) is 0.263. The first-order valence-corrected chi connectivity index (χ1v) is 8.12. The number of aryl methyl sites for hydroxylation is 1. The fourth-order valence-corrected chi connectivity index (χ4v) is 2.68. The Morgan fingerprint density at radius 1 is 1.12 bits per heavy atom. The number of carboxylic acids is 1. The number of nitrogens with one attached hydrogen (secondary N) is 1. The van der Waals surface area contributed by atoms with E-state index >= 15 is 0 Å². The number of benzene rings is 2. The monoisotopic (exact) mass is 345 g/mol. The van der Waals surface area contributed by atoms with Crippen molar-refractivity contribution in [2.24, 2.45) is 0 Å². The van der Waals surface area contributed by atoms with Crippen molar-refractivity contribution >= 4 is 23.5 Å². The van der Waals surface area contributed by atoms with Gasteiger partial charge in [-0.25, -0.2) is 0 Å². The van der Waals surface area contributed by atoms with Crippen LogP contribution in [0.15, 0.2) is 48.5 Å². The second-order valence-electron chi connectivity index (χ2n) is 5.80. The number of carbonyl (C=O) groups excluding carboxylic acids is 1. The van der Waals surface area contributed by atoms with Crippen LogP contribution in [0, 0.1) is 6.92 Å². The number of rotatable bonds is 7. The number of aliphatic carboxylic acids is 1. The summed E-state index contributed by atoms with van der Waals surface area (Å²) < 4.78 is 0. The number of halogens is 1. The second kappa shape index (κ2) is 8.50. The van der Waals surface area contributed by atoms with E-state index in [2.05, 4.69) is 5.32 Å². The molecule has 0 bridgehead atoms. The molecule has 1 atom stereocenters. The lowest BCUT2D eigenvalue weighted by molar-refractivity contribution is -0.137. The Morgan fingerprint density at radius 3 is 2.42 bits per heavy atom. The molecule has 5 heteroatoms. The molecule has 0 saturated carbocycles. The van der Waals surface area contributed by atoms with Gasteiger partial charge in [-0.1, -0.05) is 48.0 Å². The minimum absolute atomic E-state index is 0.123. The van der Waals surface area contributed by atoms with E-state index in [1.165, 1.54) is 0 Å². The number of hydrogen-bond acceptors (Lipinski definition) is 2. The molecule has 2 N–H and O–H groups in total. The van der Waals surface area contributed by atoms with Crippen LogP contribution in [0.3, 0.4) is 0 Å². The summed E-state index contributed by atoms with van der Waals surface area (Å²) >= 11 is 5.86. The Kier molecular flexibility index (Phi) is 6.38. The van der Waals surface area contributed by atoms with Gasteiger partial charge in [0, 0.05) is 11.1 Å². The summed E-state index contributed by atoms with van der Waals surface area (Å²) in [6.45, 7) is 1.95. The molecule has 0 aromatic heterocycles. The third-order valence-electron chi connectivity index (χ3n) is 3.79. The van der Waals surface area contributed by atoms with Gasteiger partial charge < -0.3 is 10.4 Å². The predicted octanol–water partition coefficient (Wildman–Crippen LogP) is 3.39. The first-order valence-electron chi connectivity index (χ1n) is 7.74. The van der Waals surface area contributed by atoms with Crippen LogP contribution < -0.4 is 5.32 Å². The van der Waals surface area contributed by atoms with Crippen LogP contribution in [0.4, 0.5) is 0 Å². The van der Waals surface area contributed by atoms with Crippen LogP contribution in [0.2, 0.25) is 5.02 Å². The zero-order valence-electron chi connectivity index (χ0n) is 13.5. The van der Waals surface area contributed by atoms with Crippen molar-refractivity contribution in [1.82, 2.24) is 5.32 Å². The van der Waals surface area contributed by atoms with Gasteiger partial charge >= 0.3 is 5.97 Å². The molecule has 0 spiro atoms. The van der Waals surface area contributed by atoms with Gasteiger partial charge in [0.1, 0.15) is 0 Å². The van der Waals surface area contributed by atoms with Crippen molar-refractivity contribution in [2.45, 2.75) is 32.2 Å². The van der Waals surface area contributed by atoms with Crippen molar-refractivity contribution in [3.8, 4) is 0 Å². The smallest absolute Gasteiger partial charge is 0.305 e. The predicted molar refractivity (Wildman–Crippen MR) is 94.2 cm³/mol. The van der Waals surface area contributed by atoms with Crippen molar-refractivity contribution < 1.29 is 14.7 Å². The van der Waals surface area contributed by atoms with Crippen molar-refractivity contribution in [3.05, 3.63) is 70.2 Å². The quantitative estimate of drug-likeness (QED) is 0.808. The number of carbonyl (C=O) groups is 2. The molecular formula is C19H20ClNO3. The van der Waals surface area contributed by atoms with Gasteiger partial charge in [-0.15, -0.1) is 0 Å². The average Bonchev–Trinajstić information content (AvgIpc) is 2.51. The topological polar surface area (TPSA) is 66.4 Å². The molecule has 2 aromatic rings. The summed E-state index contributed by atoms with van der Waals surface area (Å²) in [5, 5.41) is 12.5. The third kappa shape index (κ3) is 5.70. The molecule has 0 fully saturated rings. The highest BCUT2D eigenvalue weighted by Crippen LogP contribution is 2.13. The molecule has 1 amide bonds. The zero-order chi connectivity index (χ0) is 17.5.